The number of nitrogens with zero attached hydrogens (tertiary/aromatic N) is 1. The zero-order valence-corrected chi connectivity index (χ0v) is 12.7. The highest BCUT2D eigenvalue weighted by molar-refractivity contribution is 5.79. The highest BCUT2D eigenvalue weighted by Crippen LogP contribution is 2.23. The number of aliphatic hydroxyl groups excluding tert-OH is 1. The SMILES string of the molecule is Cc1ccc2cc(CNCC3CCCC(O)C3)ccc2n1. The molecule has 3 rings (SSSR count). The van der Waals surface area contributed by atoms with Crippen LogP contribution in [0.3, 0.4) is 0 Å². The summed E-state index contributed by atoms with van der Waals surface area (Å²) in [6.45, 7) is 3.91. The molecule has 0 aliphatic heterocycles. The number of pyridine rings is 1. The first-order chi connectivity index (χ1) is 10.2. The molecule has 1 aliphatic rings. The van der Waals surface area contributed by atoms with Crippen molar-refractivity contribution in [2.75, 3.05) is 6.54 Å². The van der Waals surface area contributed by atoms with Crippen LogP contribution in [-0.2, 0) is 6.54 Å². The molecular formula is C18H24N2O. The largest absolute Gasteiger partial charge is 0.393 e. The Morgan fingerprint density at radius 1 is 1.24 bits per heavy atom. The van der Waals surface area contributed by atoms with E-state index in [9.17, 15) is 5.11 Å². The van der Waals surface area contributed by atoms with Crippen LogP contribution in [-0.4, -0.2) is 22.7 Å². The van der Waals surface area contributed by atoms with Crippen molar-refractivity contribution >= 4 is 10.9 Å². The normalized spacial score (nSPS) is 22.6. The lowest BCUT2D eigenvalue weighted by molar-refractivity contribution is 0.101. The van der Waals surface area contributed by atoms with Gasteiger partial charge in [-0.05, 0) is 62.4 Å². The van der Waals surface area contributed by atoms with Crippen molar-refractivity contribution in [1.29, 1.82) is 0 Å². The monoisotopic (exact) mass is 284 g/mol. The average molecular weight is 284 g/mol. The molecule has 1 aromatic heterocycles. The molecule has 21 heavy (non-hydrogen) atoms. The quantitative estimate of drug-likeness (QED) is 0.906. The van der Waals surface area contributed by atoms with Crippen LogP contribution in [0.5, 0.6) is 0 Å². The van der Waals surface area contributed by atoms with E-state index in [0.717, 1.165) is 43.6 Å². The first-order valence-corrected chi connectivity index (χ1v) is 7.96. The smallest absolute Gasteiger partial charge is 0.0705 e. The Morgan fingerprint density at radius 2 is 2.14 bits per heavy atom. The van der Waals surface area contributed by atoms with Gasteiger partial charge in [0.25, 0.3) is 0 Å². The fourth-order valence-corrected chi connectivity index (χ4v) is 3.26. The molecule has 1 heterocycles. The first-order valence-electron chi connectivity index (χ1n) is 7.96. The van der Waals surface area contributed by atoms with Crippen molar-refractivity contribution in [1.82, 2.24) is 10.3 Å². The summed E-state index contributed by atoms with van der Waals surface area (Å²) in [6.07, 6.45) is 4.25. The molecule has 1 fully saturated rings. The first kappa shape index (κ1) is 14.5. The number of aryl methyl sites for hydroxylation is 1. The molecule has 112 valence electrons. The van der Waals surface area contributed by atoms with Crippen LogP contribution >= 0.6 is 0 Å². The van der Waals surface area contributed by atoms with Gasteiger partial charge >= 0.3 is 0 Å². The lowest BCUT2D eigenvalue weighted by atomic mass is 9.87. The second-order valence-electron chi connectivity index (χ2n) is 6.30. The topological polar surface area (TPSA) is 45.1 Å². The Hall–Kier alpha value is -1.45. The zero-order chi connectivity index (χ0) is 14.7. The number of benzene rings is 1. The molecular weight excluding hydrogens is 260 g/mol. The summed E-state index contributed by atoms with van der Waals surface area (Å²) in [5, 5.41) is 14.4. The van der Waals surface area contributed by atoms with Gasteiger partial charge in [0.2, 0.25) is 0 Å². The third-order valence-electron chi connectivity index (χ3n) is 4.41. The molecule has 1 aliphatic carbocycles. The standard InChI is InChI=1S/C18H24N2O/c1-13-5-7-16-9-15(6-8-18(16)20-13)12-19-11-14-3-2-4-17(21)10-14/h5-9,14,17,19,21H,2-4,10-12H2,1H3. The van der Waals surface area contributed by atoms with E-state index in [1.807, 2.05) is 6.92 Å². The van der Waals surface area contributed by atoms with E-state index in [1.54, 1.807) is 0 Å². The van der Waals surface area contributed by atoms with Gasteiger partial charge in [0, 0.05) is 17.6 Å². The van der Waals surface area contributed by atoms with Gasteiger partial charge in [-0.1, -0.05) is 18.6 Å². The van der Waals surface area contributed by atoms with Crippen LogP contribution in [0.15, 0.2) is 30.3 Å². The van der Waals surface area contributed by atoms with E-state index >= 15 is 0 Å². The number of rotatable bonds is 4. The molecule has 0 bridgehead atoms. The zero-order valence-electron chi connectivity index (χ0n) is 12.7. The van der Waals surface area contributed by atoms with Crippen molar-refractivity contribution in [2.45, 2.75) is 45.3 Å². The highest BCUT2D eigenvalue weighted by atomic mass is 16.3. The molecule has 2 aromatic rings. The number of fused-ring (bicyclic) bond motifs is 1. The summed E-state index contributed by atoms with van der Waals surface area (Å²) in [5.74, 6) is 0.624. The van der Waals surface area contributed by atoms with Crippen LogP contribution in [0.2, 0.25) is 0 Å². The van der Waals surface area contributed by atoms with Crippen molar-refractivity contribution in [3.63, 3.8) is 0 Å². The summed E-state index contributed by atoms with van der Waals surface area (Å²) in [5.41, 5.74) is 3.42. The molecule has 0 amide bonds. The Kier molecular flexibility index (Phi) is 4.51. The Morgan fingerprint density at radius 3 is 3.00 bits per heavy atom. The minimum absolute atomic E-state index is 0.0828. The molecule has 1 aromatic carbocycles. The van der Waals surface area contributed by atoms with Crippen molar-refractivity contribution in [3.8, 4) is 0 Å². The number of aromatic nitrogens is 1. The maximum atomic E-state index is 9.70. The Bertz CT molecular complexity index is 611. The average Bonchev–Trinajstić information content (AvgIpc) is 2.47. The van der Waals surface area contributed by atoms with Gasteiger partial charge in [-0.3, -0.25) is 4.98 Å². The number of aliphatic hydroxyl groups is 1. The third kappa shape index (κ3) is 3.80. The van der Waals surface area contributed by atoms with E-state index in [2.05, 4.69) is 40.6 Å². The maximum Gasteiger partial charge on any atom is 0.0705 e. The molecule has 3 heteroatoms. The minimum atomic E-state index is -0.0828. The maximum absolute atomic E-state index is 9.70. The third-order valence-corrected chi connectivity index (χ3v) is 4.41. The van der Waals surface area contributed by atoms with E-state index in [4.69, 9.17) is 0 Å². The molecule has 2 atom stereocenters. The minimum Gasteiger partial charge on any atom is -0.393 e. The van der Waals surface area contributed by atoms with E-state index in [0.29, 0.717) is 5.92 Å². The molecule has 3 nitrogen and oxygen atoms in total. The van der Waals surface area contributed by atoms with Gasteiger partial charge in [-0.2, -0.15) is 0 Å². The van der Waals surface area contributed by atoms with Crippen molar-refractivity contribution < 1.29 is 5.11 Å². The predicted octanol–water partition coefficient (Wildman–Crippen LogP) is 3.18. The summed E-state index contributed by atoms with van der Waals surface area (Å²) in [4.78, 5) is 4.53. The predicted molar refractivity (Wildman–Crippen MR) is 86.2 cm³/mol. The second kappa shape index (κ2) is 6.54. The van der Waals surface area contributed by atoms with E-state index < -0.39 is 0 Å². The van der Waals surface area contributed by atoms with Crippen LogP contribution in [0, 0.1) is 12.8 Å². The van der Waals surface area contributed by atoms with Crippen molar-refractivity contribution in [3.05, 3.63) is 41.6 Å². The molecule has 0 saturated heterocycles. The summed E-state index contributed by atoms with van der Waals surface area (Å²) in [6, 6.07) is 10.7. The molecule has 2 unspecified atom stereocenters. The van der Waals surface area contributed by atoms with Crippen LogP contribution in [0.1, 0.15) is 36.9 Å². The van der Waals surface area contributed by atoms with Crippen LogP contribution in [0.4, 0.5) is 0 Å². The number of hydrogen-bond donors (Lipinski definition) is 2. The molecule has 0 radical (unpaired) electrons. The Balaban J connectivity index is 1.56. The lowest BCUT2D eigenvalue weighted by Gasteiger charge is -2.26. The molecule has 2 N–H and O–H groups in total. The fourth-order valence-electron chi connectivity index (χ4n) is 3.26. The van der Waals surface area contributed by atoms with Gasteiger partial charge in [-0.25, -0.2) is 0 Å². The number of hydrogen-bond acceptors (Lipinski definition) is 3. The van der Waals surface area contributed by atoms with E-state index in [1.165, 1.54) is 17.4 Å². The van der Waals surface area contributed by atoms with Crippen molar-refractivity contribution in [2.24, 2.45) is 5.92 Å². The summed E-state index contributed by atoms with van der Waals surface area (Å²) < 4.78 is 0. The highest BCUT2D eigenvalue weighted by Gasteiger charge is 2.19. The number of nitrogens with one attached hydrogen (secondary N) is 1. The fraction of sp³-hybridized carbons (Fsp3) is 0.500. The van der Waals surface area contributed by atoms with E-state index in [-0.39, 0.29) is 6.10 Å². The van der Waals surface area contributed by atoms with Gasteiger partial charge in [-0.15, -0.1) is 0 Å². The summed E-state index contributed by atoms with van der Waals surface area (Å²) >= 11 is 0. The van der Waals surface area contributed by atoms with Gasteiger partial charge in [0.1, 0.15) is 0 Å². The second-order valence-corrected chi connectivity index (χ2v) is 6.30. The van der Waals surface area contributed by atoms with Crippen LogP contribution in [0.25, 0.3) is 10.9 Å². The van der Waals surface area contributed by atoms with Gasteiger partial charge in [0.15, 0.2) is 0 Å². The molecule has 1 saturated carbocycles. The van der Waals surface area contributed by atoms with Gasteiger partial charge < -0.3 is 10.4 Å². The lowest BCUT2D eigenvalue weighted by Crippen LogP contribution is -2.28. The summed E-state index contributed by atoms with van der Waals surface area (Å²) in [7, 11) is 0. The van der Waals surface area contributed by atoms with Gasteiger partial charge in [0.05, 0.1) is 11.6 Å². The van der Waals surface area contributed by atoms with Crippen LogP contribution < -0.4 is 5.32 Å². The molecule has 0 spiro atoms. The Labute approximate surface area is 126 Å².